The fourth-order valence-electron chi connectivity index (χ4n) is 3.87. The van der Waals surface area contributed by atoms with Gasteiger partial charge in [-0.3, -0.25) is 9.78 Å². The first kappa shape index (κ1) is 13.6. The molecule has 2 atom stereocenters. The molecule has 20 heavy (non-hydrogen) atoms. The minimum Gasteiger partial charge on any atom is -0.327 e. The van der Waals surface area contributed by atoms with Crippen molar-refractivity contribution in [3.63, 3.8) is 0 Å². The summed E-state index contributed by atoms with van der Waals surface area (Å²) >= 11 is 0. The highest BCUT2D eigenvalue weighted by molar-refractivity contribution is 5.92. The van der Waals surface area contributed by atoms with Crippen molar-refractivity contribution in [2.45, 2.75) is 45.1 Å². The zero-order valence-corrected chi connectivity index (χ0v) is 12.0. The molecule has 2 aliphatic carbocycles. The second-order valence-corrected chi connectivity index (χ2v) is 6.37. The molecule has 0 aromatic carbocycles. The number of nitrogens with zero attached hydrogens (tertiary/aromatic N) is 1. The predicted molar refractivity (Wildman–Crippen MR) is 79.1 cm³/mol. The van der Waals surface area contributed by atoms with Crippen molar-refractivity contribution in [2.24, 2.45) is 23.5 Å². The number of nitrogens with one attached hydrogen (secondary N) is 1. The maximum atomic E-state index is 12.4. The van der Waals surface area contributed by atoms with Crippen LogP contribution >= 0.6 is 0 Å². The van der Waals surface area contributed by atoms with Crippen LogP contribution in [-0.2, 0) is 4.79 Å². The van der Waals surface area contributed by atoms with E-state index in [2.05, 4.69) is 10.3 Å². The summed E-state index contributed by atoms with van der Waals surface area (Å²) in [4.78, 5) is 16.6. The van der Waals surface area contributed by atoms with Crippen LogP contribution in [0.15, 0.2) is 18.3 Å². The van der Waals surface area contributed by atoms with Crippen molar-refractivity contribution in [3.05, 3.63) is 24.0 Å². The average molecular weight is 273 g/mol. The smallest absolute Gasteiger partial charge is 0.227 e. The molecule has 0 spiro atoms. The molecule has 2 unspecified atom stereocenters. The second kappa shape index (κ2) is 5.52. The summed E-state index contributed by atoms with van der Waals surface area (Å²) in [5, 5.41) is 3.04. The molecule has 2 fully saturated rings. The molecule has 1 heterocycles. The number of hydrogen-bond acceptors (Lipinski definition) is 3. The van der Waals surface area contributed by atoms with Crippen molar-refractivity contribution >= 4 is 11.6 Å². The Kier molecular flexibility index (Phi) is 3.74. The summed E-state index contributed by atoms with van der Waals surface area (Å²) in [7, 11) is 0. The van der Waals surface area contributed by atoms with Gasteiger partial charge >= 0.3 is 0 Å². The van der Waals surface area contributed by atoms with Crippen LogP contribution in [0.4, 0.5) is 5.69 Å². The maximum absolute atomic E-state index is 12.4. The first-order valence-corrected chi connectivity index (χ1v) is 7.62. The predicted octanol–water partition coefficient (Wildman–Crippen LogP) is 2.48. The van der Waals surface area contributed by atoms with Crippen LogP contribution in [0.2, 0.25) is 0 Å². The van der Waals surface area contributed by atoms with E-state index in [0.717, 1.165) is 24.2 Å². The molecule has 2 bridgehead atoms. The highest BCUT2D eigenvalue weighted by Gasteiger charge is 2.40. The minimum absolute atomic E-state index is 0.124. The van der Waals surface area contributed by atoms with Gasteiger partial charge in [-0.1, -0.05) is 6.42 Å². The zero-order valence-electron chi connectivity index (χ0n) is 12.0. The van der Waals surface area contributed by atoms with Crippen molar-refractivity contribution < 1.29 is 4.79 Å². The molecule has 3 N–H and O–H groups in total. The van der Waals surface area contributed by atoms with Gasteiger partial charge in [-0.25, -0.2) is 0 Å². The summed E-state index contributed by atoms with van der Waals surface area (Å²) < 4.78 is 0. The number of anilines is 1. The molecule has 0 aliphatic heterocycles. The first-order valence-electron chi connectivity index (χ1n) is 7.62. The number of hydrogen-bond donors (Lipinski definition) is 2. The Balaban J connectivity index is 1.66. The van der Waals surface area contributed by atoms with Gasteiger partial charge in [-0.2, -0.15) is 0 Å². The number of pyridine rings is 1. The van der Waals surface area contributed by atoms with E-state index >= 15 is 0 Å². The quantitative estimate of drug-likeness (QED) is 0.870. The van der Waals surface area contributed by atoms with Gasteiger partial charge in [0.1, 0.15) is 0 Å². The number of nitrogens with two attached hydrogens (primary N) is 1. The van der Waals surface area contributed by atoms with Crippen molar-refractivity contribution in [1.82, 2.24) is 4.98 Å². The zero-order chi connectivity index (χ0) is 14.1. The van der Waals surface area contributed by atoms with Gasteiger partial charge in [0, 0.05) is 29.5 Å². The largest absolute Gasteiger partial charge is 0.327 e. The van der Waals surface area contributed by atoms with Crippen LogP contribution in [0.5, 0.6) is 0 Å². The lowest BCUT2D eigenvalue weighted by atomic mass is 9.65. The standard InChI is InChI=1S/C16H23N3O/c1-10-7-14(5-6-18-10)19-16(20)13-8-11-3-2-4-12(9-13)15(11)17/h5-7,11-13,15H,2-4,8-9,17H2,1H3,(H,18,19,20). The number of rotatable bonds is 2. The Bertz CT molecular complexity index is 488. The second-order valence-electron chi connectivity index (χ2n) is 6.37. The lowest BCUT2D eigenvalue weighted by molar-refractivity contribution is -0.122. The van der Waals surface area contributed by atoms with E-state index in [-0.39, 0.29) is 11.8 Å². The van der Waals surface area contributed by atoms with Gasteiger partial charge < -0.3 is 11.1 Å². The molecule has 1 aromatic heterocycles. The van der Waals surface area contributed by atoms with Crippen molar-refractivity contribution in [1.29, 1.82) is 0 Å². The molecule has 108 valence electrons. The Morgan fingerprint density at radius 2 is 2.05 bits per heavy atom. The SMILES string of the molecule is Cc1cc(NC(=O)C2CC3CCCC(C2)C3N)ccn1. The van der Waals surface area contributed by atoms with Crippen LogP contribution in [0.3, 0.4) is 0 Å². The third-order valence-corrected chi connectivity index (χ3v) is 4.95. The van der Waals surface area contributed by atoms with Crippen LogP contribution in [-0.4, -0.2) is 16.9 Å². The van der Waals surface area contributed by atoms with E-state index in [9.17, 15) is 4.79 Å². The molecule has 2 aliphatic rings. The Morgan fingerprint density at radius 1 is 1.35 bits per heavy atom. The molecule has 2 saturated carbocycles. The van der Waals surface area contributed by atoms with E-state index in [4.69, 9.17) is 5.73 Å². The number of amides is 1. The van der Waals surface area contributed by atoms with Crippen LogP contribution in [0.25, 0.3) is 0 Å². The molecule has 3 rings (SSSR count). The molecule has 0 saturated heterocycles. The summed E-state index contributed by atoms with van der Waals surface area (Å²) in [5.41, 5.74) is 8.05. The van der Waals surface area contributed by atoms with Crippen LogP contribution < -0.4 is 11.1 Å². The van der Waals surface area contributed by atoms with Crippen molar-refractivity contribution in [3.8, 4) is 0 Å². The van der Waals surface area contributed by atoms with Gasteiger partial charge in [0.15, 0.2) is 0 Å². The van der Waals surface area contributed by atoms with Gasteiger partial charge in [0.25, 0.3) is 0 Å². The average Bonchev–Trinajstić information content (AvgIpc) is 2.38. The summed E-state index contributed by atoms with van der Waals surface area (Å²) in [6.45, 7) is 1.93. The highest BCUT2D eigenvalue weighted by Crippen LogP contribution is 2.42. The van der Waals surface area contributed by atoms with Gasteiger partial charge in [0.05, 0.1) is 0 Å². The third kappa shape index (κ3) is 2.70. The third-order valence-electron chi connectivity index (χ3n) is 4.95. The molecule has 0 radical (unpaired) electrons. The molecule has 1 aromatic rings. The Morgan fingerprint density at radius 3 is 2.70 bits per heavy atom. The van der Waals surface area contributed by atoms with Gasteiger partial charge in [-0.15, -0.1) is 0 Å². The molecular formula is C16H23N3O. The number of aryl methyl sites for hydroxylation is 1. The lowest BCUT2D eigenvalue weighted by Crippen LogP contribution is -2.48. The highest BCUT2D eigenvalue weighted by atomic mass is 16.1. The Labute approximate surface area is 120 Å². The number of aromatic nitrogens is 1. The molecule has 4 heteroatoms. The summed E-state index contributed by atoms with van der Waals surface area (Å²) in [5.74, 6) is 1.35. The maximum Gasteiger partial charge on any atom is 0.227 e. The lowest BCUT2D eigenvalue weighted by Gasteiger charge is -2.43. The first-order chi connectivity index (χ1) is 9.63. The number of fused-ring (bicyclic) bond motifs is 2. The van der Waals surface area contributed by atoms with Gasteiger partial charge in [-0.05, 0) is 56.6 Å². The fourth-order valence-corrected chi connectivity index (χ4v) is 3.87. The number of carbonyl (C=O) groups is 1. The molecule has 1 amide bonds. The van der Waals surface area contributed by atoms with E-state index in [1.165, 1.54) is 19.3 Å². The summed E-state index contributed by atoms with van der Waals surface area (Å²) in [6.07, 6.45) is 7.30. The Hall–Kier alpha value is -1.42. The van der Waals surface area contributed by atoms with E-state index in [1.54, 1.807) is 6.20 Å². The van der Waals surface area contributed by atoms with Crippen LogP contribution in [0, 0.1) is 24.7 Å². The summed E-state index contributed by atoms with van der Waals surface area (Å²) in [6, 6.07) is 4.07. The van der Waals surface area contributed by atoms with Crippen LogP contribution in [0.1, 0.15) is 37.8 Å². The van der Waals surface area contributed by atoms with Crippen molar-refractivity contribution in [2.75, 3.05) is 5.32 Å². The van der Waals surface area contributed by atoms with Gasteiger partial charge in [0.2, 0.25) is 5.91 Å². The van der Waals surface area contributed by atoms with E-state index < -0.39 is 0 Å². The number of carbonyl (C=O) groups excluding carboxylic acids is 1. The minimum atomic E-state index is 0.124. The topological polar surface area (TPSA) is 68.0 Å². The molecular weight excluding hydrogens is 250 g/mol. The normalized spacial score (nSPS) is 32.7. The monoisotopic (exact) mass is 273 g/mol. The van der Waals surface area contributed by atoms with E-state index in [1.807, 2.05) is 19.1 Å². The van der Waals surface area contributed by atoms with E-state index in [0.29, 0.717) is 17.9 Å². The molecule has 4 nitrogen and oxygen atoms in total. The fraction of sp³-hybridized carbons (Fsp3) is 0.625.